The maximum Gasteiger partial charge on any atom is 0.0995 e. The second kappa shape index (κ2) is 3.64. The summed E-state index contributed by atoms with van der Waals surface area (Å²) in [7, 11) is 0. The number of hydrogen-bond donors (Lipinski definition) is 2. The Morgan fingerprint density at radius 2 is 1.75 bits per heavy atom. The molecule has 0 rings (SSSR count). The first-order valence-electron chi connectivity index (χ1n) is 2.95. The average molecular weight is 152 g/mol. The zero-order chi connectivity index (χ0) is 6.62. The van der Waals surface area contributed by atoms with Crippen LogP contribution in [0.1, 0.15) is 20.3 Å². The van der Waals surface area contributed by atoms with Gasteiger partial charge in [-0.05, 0) is 13.3 Å². The van der Waals surface area contributed by atoms with Crippen molar-refractivity contribution in [3.05, 3.63) is 0 Å². The van der Waals surface area contributed by atoms with Crippen molar-refractivity contribution in [3.63, 3.8) is 0 Å². The highest BCUT2D eigenvalue weighted by molar-refractivity contribution is 7.87. The van der Waals surface area contributed by atoms with Crippen molar-refractivity contribution in [2.75, 3.05) is 13.1 Å². The molecule has 0 bridgehead atoms. The SMILES string of the molecule is CCC[N+](S)(S)CC. The topological polar surface area (TPSA) is 0 Å². The molecule has 0 saturated carbocycles. The fourth-order valence-corrected chi connectivity index (χ4v) is 0.916. The molecule has 0 spiro atoms. The van der Waals surface area contributed by atoms with Crippen molar-refractivity contribution in [1.29, 1.82) is 0 Å². The number of rotatable bonds is 3. The smallest absolute Gasteiger partial charge is 0.0995 e. The molecule has 0 saturated heterocycles. The van der Waals surface area contributed by atoms with Crippen molar-refractivity contribution in [2.45, 2.75) is 20.3 Å². The Labute approximate surface area is 62.7 Å². The number of hydrogen-bond acceptors (Lipinski definition) is 2. The summed E-state index contributed by atoms with van der Waals surface area (Å²) in [4.78, 5) is 0. The van der Waals surface area contributed by atoms with Gasteiger partial charge >= 0.3 is 0 Å². The van der Waals surface area contributed by atoms with E-state index in [-0.39, 0.29) is 0 Å². The summed E-state index contributed by atoms with van der Waals surface area (Å²) in [5.74, 6) is 0. The first-order chi connectivity index (χ1) is 3.62. The highest BCUT2D eigenvalue weighted by atomic mass is 32.2. The van der Waals surface area contributed by atoms with Gasteiger partial charge in [-0.15, -0.1) is 0 Å². The molecule has 0 N–H and O–H groups in total. The first-order valence-corrected chi connectivity index (χ1v) is 3.75. The second-order valence-corrected chi connectivity index (χ2v) is 3.77. The summed E-state index contributed by atoms with van der Waals surface area (Å²) in [6.07, 6.45) is 1.14. The molecule has 0 radical (unpaired) electrons. The van der Waals surface area contributed by atoms with E-state index in [1.807, 2.05) is 0 Å². The third-order valence-corrected chi connectivity index (χ3v) is 2.05. The minimum atomic E-state index is 0.552. The van der Waals surface area contributed by atoms with Gasteiger partial charge in [-0.3, -0.25) is 0 Å². The lowest BCUT2D eigenvalue weighted by atomic mass is 10.5. The molecule has 0 aromatic heterocycles. The van der Waals surface area contributed by atoms with Gasteiger partial charge < -0.3 is 0 Å². The van der Waals surface area contributed by atoms with E-state index >= 15 is 0 Å². The predicted molar refractivity (Wildman–Crippen MR) is 43.9 cm³/mol. The molecule has 0 amide bonds. The summed E-state index contributed by atoms with van der Waals surface area (Å²) in [6.45, 7) is 6.22. The molecular formula is C5H14NS2+. The van der Waals surface area contributed by atoms with Gasteiger partial charge in [-0.1, -0.05) is 6.92 Å². The van der Waals surface area contributed by atoms with E-state index in [2.05, 4.69) is 39.5 Å². The molecule has 3 heteroatoms. The Morgan fingerprint density at radius 1 is 1.25 bits per heavy atom. The van der Waals surface area contributed by atoms with Crippen molar-refractivity contribution < 1.29 is 3.29 Å². The second-order valence-electron chi connectivity index (χ2n) is 1.92. The van der Waals surface area contributed by atoms with Crippen molar-refractivity contribution >= 4 is 25.6 Å². The molecular weight excluding hydrogens is 138 g/mol. The largest absolute Gasteiger partial charge is 0.206 e. The van der Waals surface area contributed by atoms with Crippen LogP contribution in [0.25, 0.3) is 0 Å². The number of nitrogens with zero attached hydrogens (tertiary/aromatic N) is 1. The maximum atomic E-state index is 4.27. The number of thiol groups is 2. The van der Waals surface area contributed by atoms with Crippen LogP contribution in [-0.2, 0) is 0 Å². The third kappa shape index (κ3) is 3.64. The molecule has 50 valence electrons. The molecule has 0 heterocycles. The van der Waals surface area contributed by atoms with Crippen molar-refractivity contribution in [3.8, 4) is 0 Å². The quantitative estimate of drug-likeness (QED) is 0.448. The molecule has 8 heavy (non-hydrogen) atoms. The standard InChI is InChI=1S/C5H14NS2/c1-3-5-6(7,8)4-2/h7-8H,3-5H2,1-2H3/q+1. The van der Waals surface area contributed by atoms with E-state index in [0.29, 0.717) is 3.29 Å². The Balaban J connectivity index is 3.37. The van der Waals surface area contributed by atoms with Crippen LogP contribution in [0.2, 0.25) is 0 Å². The van der Waals surface area contributed by atoms with Gasteiger partial charge in [0.15, 0.2) is 0 Å². The molecule has 0 aromatic rings. The van der Waals surface area contributed by atoms with Gasteiger partial charge in [0.05, 0.1) is 38.7 Å². The lowest BCUT2D eigenvalue weighted by Crippen LogP contribution is -2.27. The van der Waals surface area contributed by atoms with E-state index < -0.39 is 0 Å². The van der Waals surface area contributed by atoms with Crippen LogP contribution < -0.4 is 0 Å². The zero-order valence-corrected chi connectivity index (χ0v) is 7.25. The van der Waals surface area contributed by atoms with Crippen molar-refractivity contribution in [1.82, 2.24) is 0 Å². The van der Waals surface area contributed by atoms with Gasteiger partial charge in [-0.2, -0.15) is 0 Å². The van der Waals surface area contributed by atoms with Crippen molar-refractivity contribution in [2.24, 2.45) is 0 Å². The highest BCUT2D eigenvalue weighted by Gasteiger charge is 2.12. The van der Waals surface area contributed by atoms with Gasteiger partial charge in [0, 0.05) is 0 Å². The van der Waals surface area contributed by atoms with Crippen LogP contribution in [0.4, 0.5) is 0 Å². The Bertz CT molecular complexity index is 63.4. The highest BCUT2D eigenvalue weighted by Crippen LogP contribution is 2.14. The molecule has 0 aromatic carbocycles. The normalized spacial score (nSPS) is 12.0. The van der Waals surface area contributed by atoms with Crippen LogP contribution in [0, 0.1) is 0 Å². The van der Waals surface area contributed by atoms with Crippen LogP contribution >= 0.6 is 25.6 Å². The van der Waals surface area contributed by atoms with Crippen LogP contribution in [0.15, 0.2) is 0 Å². The summed E-state index contributed by atoms with van der Waals surface area (Å²) in [5.41, 5.74) is 0. The van der Waals surface area contributed by atoms with E-state index in [1.165, 1.54) is 0 Å². The minimum Gasteiger partial charge on any atom is -0.206 e. The van der Waals surface area contributed by atoms with E-state index in [0.717, 1.165) is 19.5 Å². The van der Waals surface area contributed by atoms with Crippen LogP contribution in [-0.4, -0.2) is 16.4 Å². The zero-order valence-electron chi connectivity index (χ0n) is 5.46. The Hall–Kier alpha value is 0.660. The average Bonchev–Trinajstić information content (AvgIpc) is 1.67. The Morgan fingerprint density at radius 3 is 1.88 bits per heavy atom. The molecule has 1 nitrogen and oxygen atoms in total. The minimum absolute atomic E-state index is 0.552. The molecule has 0 atom stereocenters. The lowest BCUT2D eigenvalue weighted by molar-refractivity contribution is -0.637. The molecule has 0 unspecified atom stereocenters. The summed E-state index contributed by atoms with van der Waals surface area (Å²) < 4.78 is 0.552. The lowest BCUT2D eigenvalue weighted by Gasteiger charge is -2.20. The summed E-state index contributed by atoms with van der Waals surface area (Å²) >= 11 is 8.54. The molecule has 0 aliphatic carbocycles. The molecule has 0 aliphatic rings. The van der Waals surface area contributed by atoms with Gasteiger partial charge in [0.2, 0.25) is 0 Å². The fourth-order valence-electron chi connectivity index (χ4n) is 0.516. The monoisotopic (exact) mass is 152 g/mol. The molecule has 0 fully saturated rings. The van der Waals surface area contributed by atoms with E-state index in [9.17, 15) is 0 Å². The summed E-state index contributed by atoms with van der Waals surface area (Å²) in [5, 5.41) is 0. The third-order valence-electron chi connectivity index (χ3n) is 1.09. The molecule has 0 aliphatic heterocycles. The first kappa shape index (κ1) is 8.66. The Kier molecular flexibility index (Phi) is 3.94. The van der Waals surface area contributed by atoms with Gasteiger partial charge in [0.25, 0.3) is 0 Å². The summed E-state index contributed by atoms with van der Waals surface area (Å²) in [6, 6.07) is 0. The van der Waals surface area contributed by atoms with Crippen LogP contribution in [0.5, 0.6) is 0 Å². The van der Waals surface area contributed by atoms with E-state index in [1.54, 1.807) is 0 Å². The number of quaternary nitrogens is 1. The maximum absolute atomic E-state index is 4.27. The van der Waals surface area contributed by atoms with Gasteiger partial charge in [0.1, 0.15) is 0 Å². The fraction of sp³-hybridized carbons (Fsp3) is 1.00. The predicted octanol–water partition coefficient (Wildman–Crippen LogP) is 1.92. The van der Waals surface area contributed by atoms with Gasteiger partial charge in [-0.25, -0.2) is 3.29 Å². The van der Waals surface area contributed by atoms with E-state index in [4.69, 9.17) is 0 Å². The van der Waals surface area contributed by atoms with Crippen LogP contribution in [0.3, 0.4) is 0 Å².